The molecular weight excluding hydrogens is 439 g/mol. The van der Waals surface area contributed by atoms with Gasteiger partial charge in [0.2, 0.25) is 11.7 Å². The lowest BCUT2D eigenvalue weighted by molar-refractivity contribution is -0.145. The number of anilines is 1. The Labute approximate surface area is 189 Å². The number of halogens is 3. The largest absolute Gasteiger partial charge is 0.451 e. The number of amides is 2. The topological polar surface area (TPSA) is 127 Å². The van der Waals surface area contributed by atoms with Crippen LogP contribution in [0.2, 0.25) is 0 Å². The molecule has 0 aromatic carbocycles. The van der Waals surface area contributed by atoms with E-state index in [1.807, 2.05) is 0 Å². The normalized spacial score (nSPS) is 15.8. The van der Waals surface area contributed by atoms with E-state index >= 15 is 0 Å². The number of likely N-dealkylation sites (tertiary alicyclic amines) is 1. The first-order valence-corrected chi connectivity index (χ1v) is 10.6. The van der Waals surface area contributed by atoms with Gasteiger partial charge in [0.15, 0.2) is 0 Å². The SMILES string of the molecule is Cc1nc(C(F)(F)F)nc(N)c1CCC1CCN(C(=O)C(C)NC(=O)c2cnccn2)CC1. The molecule has 1 atom stereocenters. The van der Waals surface area contributed by atoms with Gasteiger partial charge in [-0.25, -0.2) is 15.0 Å². The second-order valence-corrected chi connectivity index (χ2v) is 8.09. The van der Waals surface area contributed by atoms with Crippen molar-refractivity contribution in [1.29, 1.82) is 0 Å². The summed E-state index contributed by atoms with van der Waals surface area (Å²) in [5.41, 5.74) is 6.66. The van der Waals surface area contributed by atoms with Crippen molar-refractivity contribution in [3.05, 3.63) is 41.4 Å². The maximum absolute atomic E-state index is 12.8. The van der Waals surface area contributed by atoms with E-state index in [4.69, 9.17) is 5.73 Å². The van der Waals surface area contributed by atoms with Crippen LogP contribution < -0.4 is 11.1 Å². The molecule has 0 bridgehead atoms. The van der Waals surface area contributed by atoms with Crippen LogP contribution in [0.5, 0.6) is 0 Å². The Hall–Kier alpha value is -3.31. The molecule has 3 N–H and O–H groups in total. The number of hydrogen-bond donors (Lipinski definition) is 2. The van der Waals surface area contributed by atoms with Gasteiger partial charge in [0.1, 0.15) is 17.6 Å². The highest BCUT2D eigenvalue weighted by Crippen LogP contribution is 2.30. The molecule has 9 nitrogen and oxygen atoms in total. The van der Waals surface area contributed by atoms with Crippen LogP contribution in [0.15, 0.2) is 18.6 Å². The number of alkyl halides is 3. The molecule has 0 radical (unpaired) electrons. The first kappa shape index (κ1) is 24.3. The Bertz CT molecular complexity index is 970. The number of piperidine rings is 1. The van der Waals surface area contributed by atoms with Gasteiger partial charge in [0.25, 0.3) is 5.91 Å². The first-order valence-electron chi connectivity index (χ1n) is 10.6. The number of aromatic nitrogens is 4. The van der Waals surface area contributed by atoms with Crippen molar-refractivity contribution >= 4 is 17.6 Å². The number of carbonyl (C=O) groups excluding carboxylic acids is 2. The van der Waals surface area contributed by atoms with Gasteiger partial charge in [-0.15, -0.1) is 0 Å². The maximum Gasteiger partial charge on any atom is 0.451 e. The fourth-order valence-electron chi connectivity index (χ4n) is 3.87. The van der Waals surface area contributed by atoms with Crippen LogP contribution >= 0.6 is 0 Å². The molecule has 1 aliphatic heterocycles. The Balaban J connectivity index is 1.49. The van der Waals surface area contributed by atoms with E-state index in [0.717, 1.165) is 12.8 Å². The summed E-state index contributed by atoms with van der Waals surface area (Å²) in [6.07, 6.45) is 2.22. The lowest BCUT2D eigenvalue weighted by atomic mass is 9.90. The molecule has 1 aliphatic rings. The van der Waals surface area contributed by atoms with Crippen LogP contribution in [0.25, 0.3) is 0 Å². The minimum atomic E-state index is -4.64. The van der Waals surface area contributed by atoms with Crippen LogP contribution in [0.3, 0.4) is 0 Å². The maximum atomic E-state index is 12.8. The zero-order valence-electron chi connectivity index (χ0n) is 18.4. The van der Waals surface area contributed by atoms with Crippen molar-refractivity contribution in [2.45, 2.75) is 51.7 Å². The summed E-state index contributed by atoms with van der Waals surface area (Å²) in [4.78, 5) is 41.3. The van der Waals surface area contributed by atoms with E-state index in [-0.39, 0.29) is 23.1 Å². The van der Waals surface area contributed by atoms with Crippen molar-refractivity contribution in [1.82, 2.24) is 30.2 Å². The average molecular weight is 465 g/mol. The minimum absolute atomic E-state index is 0.137. The molecule has 33 heavy (non-hydrogen) atoms. The third kappa shape index (κ3) is 6.14. The van der Waals surface area contributed by atoms with E-state index < -0.39 is 23.9 Å². The number of rotatable bonds is 6. The Morgan fingerprint density at radius 3 is 2.52 bits per heavy atom. The van der Waals surface area contributed by atoms with Crippen molar-refractivity contribution in [2.75, 3.05) is 18.8 Å². The zero-order chi connectivity index (χ0) is 24.2. The van der Waals surface area contributed by atoms with Crippen molar-refractivity contribution in [2.24, 2.45) is 5.92 Å². The number of nitrogens with zero attached hydrogens (tertiary/aromatic N) is 5. The first-order chi connectivity index (χ1) is 15.6. The number of nitrogen functional groups attached to an aromatic ring is 1. The summed E-state index contributed by atoms with van der Waals surface area (Å²) in [7, 11) is 0. The standard InChI is InChI=1S/C21H26F3N7O2/c1-12-15(17(25)30-20(29-12)21(22,23)24)4-3-14-5-9-31(10-6-14)19(33)13(2)28-18(32)16-11-26-7-8-27-16/h7-8,11,13-14H,3-6,9-10H2,1-2H3,(H,28,32)(H2,25,29,30). The van der Waals surface area contributed by atoms with Crippen molar-refractivity contribution < 1.29 is 22.8 Å². The highest BCUT2D eigenvalue weighted by Gasteiger charge is 2.36. The summed E-state index contributed by atoms with van der Waals surface area (Å²) in [5.74, 6) is -1.73. The summed E-state index contributed by atoms with van der Waals surface area (Å²) in [6.45, 7) is 4.19. The monoisotopic (exact) mass is 465 g/mol. The fraction of sp³-hybridized carbons (Fsp3) is 0.524. The Kier molecular flexibility index (Phi) is 7.44. The van der Waals surface area contributed by atoms with Gasteiger partial charge < -0.3 is 16.0 Å². The smallest absolute Gasteiger partial charge is 0.383 e. The zero-order valence-corrected chi connectivity index (χ0v) is 18.4. The molecule has 3 rings (SSSR count). The molecule has 12 heteroatoms. The summed E-state index contributed by atoms with van der Waals surface area (Å²) >= 11 is 0. The number of aryl methyl sites for hydroxylation is 1. The van der Waals surface area contributed by atoms with E-state index in [1.165, 1.54) is 25.5 Å². The quantitative estimate of drug-likeness (QED) is 0.669. The van der Waals surface area contributed by atoms with Crippen LogP contribution in [0.4, 0.5) is 19.0 Å². The van der Waals surface area contributed by atoms with Crippen molar-refractivity contribution in [3.63, 3.8) is 0 Å². The predicted molar refractivity (Wildman–Crippen MR) is 113 cm³/mol. The van der Waals surface area contributed by atoms with Crippen LogP contribution in [-0.2, 0) is 17.4 Å². The van der Waals surface area contributed by atoms with E-state index in [9.17, 15) is 22.8 Å². The highest BCUT2D eigenvalue weighted by atomic mass is 19.4. The molecule has 1 unspecified atom stereocenters. The molecule has 2 aromatic rings. The van der Waals surface area contributed by atoms with Crippen LogP contribution in [-0.4, -0.2) is 55.8 Å². The summed E-state index contributed by atoms with van der Waals surface area (Å²) in [5, 5.41) is 2.64. The molecule has 2 aromatic heterocycles. The van der Waals surface area contributed by atoms with E-state index in [0.29, 0.717) is 37.4 Å². The molecule has 0 aliphatic carbocycles. The number of hydrogen-bond acceptors (Lipinski definition) is 7. The number of carbonyl (C=O) groups is 2. The van der Waals surface area contributed by atoms with Gasteiger partial charge >= 0.3 is 6.18 Å². The second kappa shape index (κ2) is 10.1. The Morgan fingerprint density at radius 2 is 1.94 bits per heavy atom. The minimum Gasteiger partial charge on any atom is -0.383 e. The van der Waals surface area contributed by atoms with Crippen LogP contribution in [0, 0.1) is 12.8 Å². The number of nitrogens with one attached hydrogen (secondary N) is 1. The van der Waals surface area contributed by atoms with E-state index in [2.05, 4.69) is 25.3 Å². The lowest BCUT2D eigenvalue weighted by Gasteiger charge is -2.33. The molecule has 0 spiro atoms. The number of nitrogens with two attached hydrogens (primary N) is 1. The third-order valence-electron chi connectivity index (χ3n) is 5.74. The molecule has 2 amide bonds. The van der Waals surface area contributed by atoms with Crippen LogP contribution in [0.1, 0.15) is 53.8 Å². The summed E-state index contributed by atoms with van der Waals surface area (Å²) in [6, 6.07) is -0.706. The fourth-order valence-corrected chi connectivity index (χ4v) is 3.87. The third-order valence-corrected chi connectivity index (χ3v) is 5.74. The van der Waals surface area contributed by atoms with Gasteiger partial charge in [-0.2, -0.15) is 13.2 Å². The van der Waals surface area contributed by atoms with E-state index in [1.54, 1.807) is 11.8 Å². The summed E-state index contributed by atoms with van der Waals surface area (Å²) < 4.78 is 38.5. The molecule has 178 valence electrons. The highest BCUT2D eigenvalue weighted by molar-refractivity contribution is 5.95. The van der Waals surface area contributed by atoms with Crippen molar-refractivity contribution in [3.8, 4) is 0 Å². The molecular formula is C21H26F3N7O2. The molecule has 3 heterocycles. The van der Waals surface area contributed by atoms with Gasteiger partial charge in [0.05, 0.1) is 6.20 Å². The Morgan fingerprint density at radius 1 is 1.24 bits per heavy atom. The molecule has 1 saturated heterocycles. The molecule has 0 saturated carbocycles. The van der Waals surface area contributed by atoms with Gasteiger partial charge in [-0.05, 0) is 45.4 Å². The average Bonchev–Trinajstić information content (AvgIpc) is 2.78. The second-order valence-electron chi connectivity index (χ2n) is 8.09. The predicted octanol–water partition coefficient (Wildman–Crippen LogP) is 2.17. The van der Waals surface area contributed by atoms with Gasteiger partial charge in [-0.3, -0.25) is 14.6 Å². The van der Waals surface area contributed by atoms with Gasteiger partial charge in [-0.1, -0.05) is 0 Å². The lowest BCUT2D eigenvalue weighted by Crippen LogP contribution is -2.49. The molecule has 1 fully saturated rings. The van der Waals surface area contributed by atoms with Gasteiger partial charge in [0, 0.05) is 36.7 Å².